The van der Waals surface area contributed by atoms with Gasteiger partial charge in [0.05, 0.1) is 14.2 Å². The molecular formula is C18H22O3. The van der Waals surface area contributed by atoms with Crippen molar-refractivity contribution in [1.82, 2.24) is 0 Å². The molecule has 3 nitrogen and oxygen atoms in total. The van der Waals surface area contributed by atoms with E-state index in [4.69, 9.17) is 14.2 Å². The lowest BCUT2D eigenvalue weighted by Crippen LogP contribution is -2.01. The largest absolute Gasteiger partial charge is 0.493 e. The van der Waals surface area contributed by atoms with Crippen LogP contribution < -0.4 is 14.2 Å². The molecule has 2 rings (SSSR count). The second-order valence-electron chi connectivity index (χ2n) is 4.84. The number of benzene rings is 2. The van der Waals surface area contributed by atoms with Gasteiger partial charge in [-0.2, -0.15) is 0 Å². The Morgan fingerprint density at radius 3 is 2.14 bits per heavy atom. The molecule has 0 spiro atoms. The molecule has 0 radical (unpaired) electrons. The molecule has 0 saturated carbocycles. The van der Waals surface area contributed by atoms with Crippen LogP contribution in [0, 0.1) is 0 Å². The van der Waals surface area contributed by atoms with Gasteiger partial charge in [-0.15, -0.1) is 0 Å². The van der Waals surface area contributed by atoms with Crippen LogP contribution in [0.1, 0.15) is 24.5 Å². The minimum atomic E-state index is 0.549. The maximum absolute atomic E-state index is 5.98. The van der Waals surface area contributed by atoms with Crippen molar-refractivity contribution in [3.8, 4) is 17.2 Å². The zero-order chi connectivity index (χ0) is 15.1. The fourth-order valence-corrected chi connectivity index (χ4v) is 2.24. The van der Waals surface area contributed by atoms with Crippen LogP contribution in [-0.2, 0) is 13.0 Å². The first-order valence-electron chi connectivity index (χ1n) is 7.20. The summed E-state index contributed by atoms with van der Waals surface area (Å²) in [6.07, 6.45) is 2.00. The molecule has 0 amide bonds. The highest BCUT2D eigenvalue weighted by Crippen LogP contribution is 2.35. The van der Waals surface area contributed by atoms with E-state index in [1.165, 1.54) is 0 Å². The number of hydrogen-bond acceptors (Lipinski definition) is 3. The van der Waals surface area contributed by atoms with Crippen LogP contribution >= 0.6 is 0 Å². The molecule has 0 aliphatic carbocycles. The van der Waals surface area contributed by atoms with Gasteiger partial charge < -0.3 is 14.2 Å². The van der Waals surface area contributed by atoms with Crippen LogP contribution in [0.4, 0.5) is 0 Å². The molecule has 0 aromatic heterocycles. The summed E-state index contributed by atoms with van der Waals surface area (Å²) in [7, 11) is 3.29. The first-order chi connectivity index (χ1) is 10.3. The average molecular weight is 286 g/mol. The third-order valence-electron chi connectivity index (χ3n) is 3.32. The van der Waals surface area contributed by atoms with Crippen molar-refractivity contribution in [2.45, 2.75) is 26.4 Å². The van der Waals surface area contributed by atoms with Crippen molar-refractivity contribution < 1.29 is 14.2 Å². The smallest absolute Gasteiger partial charge is 0.164 e. The maximum atomic E-state index is 5.98. The summed E-state index contributed by atoms with van der Waals surface area (Å²) in [4.78, 5) is 0. The van der Waals surface area contributed by atoms with Gasteiger partial charge >= 0.3 is 0 Å². The molecule has 0 saturated heterocycles. The highest BCUT2D eigenvalue weighted by Gasteiger charge is 2.12. The molecule has 0 aliphatic rings. The van der Waals surface area contributed by atoms with E-state index in [-0.39, 0.29) is 0 Å². The van der Waals surface area contributed by atoms with E-state index in [2.05, 4.69) is 19.1 Å². The Kier molecular flexibility index (Phi) is 5.50. The number of methoxy groups -OCH3 is 2. The summed E-state index contributed by atoms with van der Waals surface area (Å²) in [5, 5.41) is 0. The molecule has 21 heavy (non-hydrogen) atoms. The fourth-order valence-electron chi connectivity index (χ4n) is 2.24. The standard InChI is InChI=1S/C18H22O3/c1-4-8-15-11-17(19-2)18(20-3)12-16(15)21-13-14-9-6-5-7-10-14/h5-7,9-12H,4,8,13H2,1-3H3. The van der Waals surface area contributed by atoms with E-state index < -0.39 is 0 Å². The molecule has 2 aromatic rings. The summed E-state index contributed by atoms with van der Waals surface area (Å²) in [5.74, 6) is 2.30. The Hall–Kier alpha value is -2.16. The number of rotatable bonds is 7. The van der Waals surface area contributed by atoms with Crippen molar-refractivity contribution in [1.29, 1.82) is 0 Å². The molecule has 0 bridgehead atoms. The van der Waals surface area contributed by atoms with Gasteiger partial charge in [0.1, 0.15) is 12.4 Å². The zero-order valence-corrected chi connectivity index (χ0v) is 12.9. The van der Waals surface area contributed by atoms with Gasteiger partial charge in [0.2, 0.25) is 0 Å². The minimum Gasteiger partial charge on any atom is -0.493 e. The van der Waals surface area contributed by atoms with Gasteiger partial charge in [-0.05, 0) is 23.6 Å². The maximum Gasteiger partial charge on any atom is 0.164 e. The molecule has 0 atom stereocenters. The Morgan fingerprint density at radius 1 is 0.857 bits per heavy atom. The van der Waals surface area contributed by atoms with Crippen LogP contribution in [0.3, 0.4) is 0 Å². The fraction of sp³-hybridized carbons (Fsp3) is 0.333. The molecule has 0 N–H and O–H groups in total. The van der Waals surface area contributed by atoms with E-state index in [0.29, 0.717) is 12.4 Å². The van der Waals surface area contributed by atoms with Crippen LogP contribution in [0.25, 0.3) is 0 Å². The van der Waals surface area contributed by atoms with E-state index >= 15 is 0 Å². The van der Waals surface area contributed by atoms with Crippen molar-refractivity contribution in [2.75, 3.05) is 14.2 Å². The van der Waals surface area contributed by atoms with E-state index in [1.807, 2.05) is 30.3 Å². The van der Waals surface area contributed by atoms with Gasteiger partial charge in [0.25, 0.3) is 0 Å². The van der Waals surface area contributed by atoms with E-state index in [0.717, 1.165) is 35.5 Å². The summed E-state index contributed by atoms with van der Waals surface area (Å²) in [6.45, 7) is 2.70. The molecule has 0 fully saturated rings. The molecule has 2 aromatic carbocycles. The lowest BCUT2D eigenvalue weighted by atomic mass is 10.1. The lowest BCUT2D eigenvalue weighted by molar-refractivity contribution is 0.297. The minimum absolute atomic E-state index is 0.549. The summed E-state index contributed by atoms with van der Waals surface area (Å²) in [6, 6.07) is 14.1. The SMILES string of the molecule is CCCc1cc(OC)c(OC)cc1OCc1ccccc1. The highest BCUT2D eigenvalue weighted by molar-refractivity contribution is 5.50. The Balaban J connectivity index is 2.23. The van der Waals surface area contributed by atoms with Crippen molar-refractivity contribution in [2.24, 2.45) is 0 Å². The molecule has 3 heteroatoms. The Labute approximate surface area is 126 Å². The molecule has 0 aliphatic heterocycles. The predicted octanol–water partition coefficient (Wildman–Crippen LogP) is 4.24. The van der Waals surface area contributed by atoms with Crippen LogP contribution in [0.2, 0.25) is 0 Å². The van der Waals surface area contributed by atoms with E-state index in [1.54, 1.807) is 14.2 Å². The van der Waals surface area contributed by atoms with Crippen molar-refractivity contribution in [3.63, 3.8) is 0 Å². The van der Waals surface area contributed by atoms with Gasteiger partial charge in [-0.3, -0.25) is 0 Å². The van der Waals surface area contributed by atoms with Gasteiger partial charge in [0.15, 0.2) is 11.5 Å². The first-order valence-corrected chi connectivity index (χ1v) is 7.20. The topological polar surface area (TPSA) is 27.7 Å². The third-order valence-corrected chi connectivity index (χ3v) is 3.32. The molecule has 0 heterocycles. The normalized spacial score (nSPS) is 10.2. The zero-order valence-electron chi connectivity index (χ0n) is 12.9. The lowest BCUT2D eigenvalue weighted by Gasteiger charge is -2.15. The third kappa shape index (κ3) is 3.91. The van der Waals surface area contributed by atoms with Crippen molar-refractivity contribution in [3.05, 3.63) is 53.6 Å². The number of ether oxygens (including phenoxy) is 3. The molecular weight excluding hydrogens is 264 g/mol. The molecule has 0 unspecified atom stereocenters. The van der Waals surface area contributed by atoms with Crippen LogP contribution in [-0.4, -0.2) is 14.2 Å². The van der Waals surface area contributed by atoms with Gasteiger partial charge in [-0.1, -0.05) is 43.7 Å². The van der Waals surface area contributed by atoms with Gasteiger partial charge in [0, 0.05) is 6.07 Å². The predicted molar refractivity (Wildman–Crippen MR) is 84.3 cm³/mol. The molecule has 112 valence electrons. The van der Waals surface area contributed by atoms with Gasteiger partial charge in [-0.25, -0.2) is 0 Å². The first kappa shape index (κ1) is 15.2. The summed E-state index contributed by atoms with van der Waals surface area (Å²) in [5.41, 5.74) is 2.29. The summed E-state index contributed by atoms with van der Waals surface area (Å²) >= 11 is 0. The van der Waals surface area contributed by atoms with Crippen LogP contribution in [0.15, 0.2) is 42.5 Å². The number of aryl methyl sites for hydroxylation is 1. The quantitative estimate of drug-likeness (QED) is 0.762. The monoisotopic (exact) mass is 286 g/mol. The summed E-state index contributed by atoms with van der Waals surface area (Å²) < 4.78 is 16.7. The number of hydrogen-bond donors (Lipinski definition) is 0. The van der Waals surface area contributed by atoms with Crippen LogP contribution in [0.5, 0.6) is 17.2 Å². The second-order valence-corrected chi connectivity index (χ2v) is 4.84. The van der Waals surface area contributed by atoms with Crippen molar-refractivity contribution >= 4 is 0 Å². The second kappa shape index (κ2) is 7.58. The Bertz CT molecular complexity index is 564. The highest BCUT2D eigenvalue weighted by atomic mass is 16.5. The average Bonchev–Trinajstić information content (AvgIpc) is 2.54. The Morgan fingerprint density at radius 2 is 1.52 bits per heavy atom. The van der Waals surface area contributed by atoms with E-state index in [9.17, 15) is 0 Å².